The fourth-order valence-corrected chi connectivity index (χ4v) is 1.09. The van der Waals surface area contributed by atoms with Crippen molar-refractivity contribution in [1.29, 1.82) is 0 Å². The van der Waals surface area contributed by atoms with Crippen molar-refractivity contribution in [2.24, 2.45) is 0 Å². The van der Waals surface area contributed by atoms with E-state index in [0.717, 1.165) is 5.76 Å². The fourth-order valence-electron chi connectivity index (χ4n) is 1.09. The number of carbonyl (C=O) groups is 1. The van der Waals surface area contributed by atoms with E-state index in [1.165, 1.54) is 0 Å². The predicted octanol–water partition coefficient (Wildman–Crippen LogP) is 1.74. The molecule has 72 valence electrons. The first-order chi connectivity index (χ1) is 6.18. The van der Waals surface area contributed by atoms with Gasteiger partial charge in [0.2, 0.25) is 5.91 Å². The highest BCUT2D eigenvalue weighted by molar-refractivity contribution is 5.76. The Morgan fingerprint density at radius 2 is 2.38 bits per heavy atom. The number of hydrogen-bond donors (Lipinski definition) is 1. The summed E-state index contributed by atoms with van der Waals surface area (Å²) in [7, 11) is 0. The minimum absolute atomic E-state index is 0.0754. The second-order valence-electron chi connectivity index (χ2n) is 3.30. The second-order valence-corrected chi connectivity index (χ2v) is 3.30. The van der Waals surface area contributed by atoms with Crippen molar-refractivity contribution in [2.75, 3.05) is 0 Å². The third-order valence-corrected chi connectivity index (χ3v) is 1.63. The SMILES string of the molecule is CC(C)NC(=O)CCc1ccco1. The van der Waals surface area contributed by atoms with E-state index in [4.69, 9.17) is 4.42 Å². The van der Waals surface area contributed by atoms with Crippen LogP contribution < -0.4 is 5.32 Å². The molecule has 1 heterocycles. The minimum atomic E-state index is 0.0754. The lowest BCUT2D eigenvalue weighted by Crippen LogP contribution is -2.30. The Labute approximate surface area is 78.1 Å². The molecule has 0 unspecified atom stereocenters. The summed E-state index contributed by atoms with van der Waals surface area (Å²) in [5, 5.41) is 2.82. The molecule has 1 amide bonds. The van der Waals surface area contributed by atoms with Gasteiger partial charge in [-0.2, -0.15) is 0 Å². The van der Waals surface area contributed by atoms with Gasteiger partial charge in [-0.15, -0.1) is 0 Å². The van der Waals surface area contributed by atoms with Gasteiger partial charge in [-0.25, -0.2) is 0 Å². The Kier molecular flexibility index (Phi) is 3.55. The van der Waals surface area contributed by atoms with E-state index < -0.39 is 0 Å². The summed E-state index contributed by atoms with van der Waals surface area (Å²) in [5.74, 6) is 0.935. The molecular weight excluding hydrogens is 166 g/mol. The number of aryl methyl sites for hydroxylation is 1. The number of furan rings is 1. The smallest absolute Gasteiger partial charge is 0.220 e. The molecule has 0 radical (unpaired) electrons. The Balaban J connectivity index is 2.23. The molecule has 1 N–H and O–H groups in total. The molecule has 1 rings (SSSR count). The van der Waals surface area contributed by atoms with Crippen LogP contribution in [0.1, 0.15) is 26.0 Å². The predicted molar refractivity (Wildman–Crippen MR) is 50.3 cm³/mol. The van der Waals surface area contributed by atoms with Crippen molar-refractivity contribution in [2.45, 2.75) is 32.7 Å². The highest BCUT2D eigenvalue weighted by Gasteiger charge is 2.04. The molecule has 0 bridgehead atoms. The van der Waals surface area contributed by atoms with Gasteiger partial charge in [-0.3, -0.25) is 4.79 Å². The van der Waals surface area contributed by atoms with Crippen LogP contribution in [-0.4, -0.2) is 11.9 Å². The summed E-state index contributed by atoms with van der Waals surface area (Å²) >= 11 is 0. The lowest BCUT2D eigenvalue weighted by atomic mass is 10.2. The highest BCUT2D eigenvalue weighted by atomic mass is 16.3. The normalized spacial score (nSPS) is 10.4. The molecule has 3 nitrogen and oxygen atoms in total. The van der Waals surface area contributed by atoms with Gasteiger partial charge in [0.05, 0.1) is 6.26 Å². The van der Waals surface area contributed by atoms with Crippen molar-refractivity contribution >= 4 is 5.91 Å². The maximum absolute atomic E-state index is 11.2. The first-order valence-corrected chi connectivity index (χ1v) is 4.50. The van der Waals surface area contributed by atoms with Gasteiger partial charge in [-0.05, 0) is 26.0 Å². The van der Waals surface area contributed by atoms with Crippen molar-refractivity contribution in [3.8, 4) is 0 Å². The van der Waals surface area contributed by atoms with Crippen LogP contribution in [0.3, 0.4) is 0 Å². The van der Waals surface area contributed by atoms with E-state index in [-0.39, 0.29) is 11.9 Å². The average Bonchev–Trinajstić information content (AvgIpc) is 2.51. The van der Waals surface area contributed by atoms with Gasteiger partial charge in [0, 0.05) is 18.9 Å². The number of hydrogen-bond acceptors (Lipinski definition) is 2. The standard InChI is InChI=1S/C10H15NO2/c1-8(2)11-10(12)6-5-9-4-3-7-13-9/h3-4,7-8H,5-6H2,1-2H3,(H,11,12). The zero-order valence-electron chi connectivity index (χ0n) is 8.04. The third kappa shape index (κ3) is 3.78. The Morgan fingerprint density at radius 1 is 1.62 bits per heavy atom. The van der Waals surface area contributed by atoms with Crippen LogP contribution in [0.4, 0.5) is 0 Å². The molecule has 1 aromatic rings. The van der Waals surface area contributed by atoms with Gasteiger partial charge in [-0.1, -0.05) is 0 Å². The minimum Gasteiger partial charge on any atom is -0.469 e. The van der Waals surface area contributed by atoms with Crippen LogP contribution in [0, 0.1) is 0 Å². The van der Waals surface area contributed by atoms with Gasteiger partial charge in [0.15, 0.2) is 0 Å². The summed E-state index contributed by atoms with van der Waals surface area (Å²) in [5.41, 5.74) is 0. The van der Waals surface area contributed by atoms with Crippen LogP contribution in [0.15, 0.2) is 22.8 Å². The molecule has 0 aliphatic heterocycles. The van der Waals surface area contributed by atoms with Crippen molar-refractivity contribution in [1.82, 2.24) is 5.32 Å². The summed E-state index contributed by atoms with van der Waals surface area (Å²) in [6.07, 6.45) is 2.78. The molecule has 0 saturated heterocycles. The van der Waals surface area contributed by atoms with Crippen LogP contribution in [-0.2, 0) is 11.2 Å². The molecule has 0 saturated carbocycles. The number of nitrogens with one attached hydrogen (secondary N) is 1. The van der Waals surface area contributed by atoms with E-state index in [1.54, 1.807) is 6.26 Å². The maximum atomic E-state index is 11.2. The maximum Gasteiger partial charge on any atom is 0.220 e. The van der Waals surface area contributed by atoms with Crippen LogP contribution in [0.2, 0.25) is 0 Å². The van der Waals surface area contributed by atoms with Gasteiger partial charge >= 0.3 is 0 Å². The second kappa shape index (κ2) is 4.70. The molecule has 3 heteroatoms. The molecule has 0 aliphatic carbocycles. The molecular formula is C10H15NO2. The molecule has 13 heavy (non-hydrogen) atoms. The van der Waals surface area contributed by atoms with Crippen molar-refractivity contribution in [3.05, 3.63) is 24.2 Å². The first-order valence-electron chi connectivity index (χ1n) is 4.50. The summed E-state index contributed by atoms with van der Waals surface area (Å²) in [6, 6.07) is 3.92. The lowest BCUT2D eigenvalue weighted by Gasteiger charge is -2.06. The molecule has 0 aliphatic rings. The zero-order valence-corrected chi connectivity index (χ0v) is 8.04. The molecule has 0 spiro atoms. The van der Waals surface area contributed by atoms with Gasteiger partial charge in [0.1, 0.15) is 5.76 Å². The zero-order chi connectivity index (χ0) is 9.68. The first kappa shape index (κ1) is 9.84. The van der Waals surface area contributed by atoms with E-state index >= 15 is 0 Å². The summed E-state index contributed by atoms with van der Waals surface area (Å²) in [4.78, 5) is 11.2. The van der Waals surface area contributed by atoms with E-state index in [9.17, 15) is 4.79 Å². The quantitative estimate of drug-likeness (QED) is 0.768. The third-order valence-electron chi connectivity index (χ3n) is 1.63. The van der Waals surface area contributed by atoms with Gasteiger partial charge < -0.3 is 9.73 Å². The summed E-state index contributed by atoms with van der Waals surface area (Å²) in [6.45, 7) is 3.90. The van der Waals surface area contributed by atoms with E-state index in [0.29, 0.717) is 12.8 Å². The number of carbonyl (C=O) groups excluding carboxylic acids is 1. The molecule has 1 aromatic heterocycles. The fraction of sp³-hybridized carbons (Fsp3) is 0.500. The average molecular weight is 181 g/mol. The molecule has 0 fully saturated rings. The van der Waals surface area contributed by atoms with Crippen LogP contribution in [0.5, 0.6) is 0 Å². The van der Waals surface area contributed by atoms with E-state index in [1.807, 2.05) is 26.0 Å². The Hall–Kier alpha value is -1.25. The van der Waals surface area contributed by atoms with E-state index in [2.05, 4.69) is 5.32 Å². The Bertz CT molecular complexity index is 252. The Morgan fingerprint density at radius 3 is 2.92 bits per heavy atom. The number of amides is 1. The highest BCUT2D eigenvalue weighted by Crippen LogP contribution is 2.03. The van der Waals surface area contributed by atoms with Crippen LogP contribution >= 0.6 is 0 Å². The summed E-state index contributed by atoms with van der Waals surface area (Å²) < 4.78 is 5.11. The molecule has 0 aromatic carbocycles. The monoisotopic (exact) mass is 181 g/mol. The number of rotatable bonds is 4. The van der Waals surface area contributed by atoms with Crippen molar-refractivity contribution in [3.63, 3.8) is 0 Å². The largest absolute Gasteiger partial charge is 0.469 e. The lowest BCUT2D eigenvalue weighted by molar-refractivity contribution is -0.121. The molecule has 0 atom stereocenters. The van der Waals surface area contributed by atoms with Crippen LogP contribution in [0.25, 0.3) is 0 Å². The van der Waals surface area contributed by atoms with Gasteiger partial charge in [0.25, 0.3) is 0 Å². The topological polar surface area (TPSA) is 42.2 Å². The van der Waals surface area contributed by atoms with Crippen molar-refractivity contribution < 1.29 is 9.21 Å².